The molecular formula is C18H22N2O2. The maximum Gasteiger partial charge on any atom is 0.238 e. The SMILES string of the molecule is COc1ccc(C)cc1NC(=O)CNCc1ccc(C)cc1. The number of hydrogen-bond donors (Lipinski definition) is 2. The van der Waals surface area contributed by atoms with Crippen LogP contribution in [0.15, 0.2) is 42.5 Å². The summed E-state index contributed by atoms with van der Waals surface area (Å²) in [5.41, 5.74) is 4.16. The van der Waals surface area contributed by atoms with Gasteiger partial charge in [0, 0.05) is 6.54 Å². The van der Waals surface area contributed by atoms with E-state index in [-0.39, 0.29) is 12.5 Å². The predicted molar refractivity (Wildman–Crippen MR) is 89.2 cm³/mol. The van der Waals surface area contributed by atoms with E-state index in [4.69, 9.17) is 4.74 Å². The summed E-state index contributed by atoms with van der Waals surface area (Å²) in [5, 5.41) is 6.01. The Balaban J connectivity index is 1.85. The number of rotatable bonds is 6. The van der Waals surface area contributed by atoms with Crippen LogP contribution < -0.4 is 15.4 Å². The van der Waals surface area contributed by atoms with Crippen molar-refractivity contribution in [3.8, 4) is 5.75 Å². The zero-order valence-electron chi connectivity index (χ0n) is 13.3. The Labute approximate surface area is 131 Å². The van der Waals surface area contributed by atoms with Crippen molar-refractivity contribution in [3.63, 3.8) is 0 Å². The number of hydrogen-bond acceptors (Lipinski definition) is 3. The first-order chi connectivity index (χ1) is 10.6. The Kier molecular flexibility index (Phi) is 5.55. The molecule has 0 fully saturated rings. The van der Waals surface area contributed by atoms with Crippen molar-refractivity contribution in [2.45, 2.75) is 20.4 Å². The van der Waals surface area contributed by atoms with Crippen LogP contribution in [-0.4, -0.2) is 19.6 Å². The zero-order valence-corrected chi connectivity index (χ0v) is 13.3. The van der Waals surface area contributed by atoms with Gasteiger partial charge in [-0.05, 0) is 37.1 Å². The summed E-state index contributed by atoms with van der Waals surface area (Å²) in [6.45, 7) is 4.95. The van der Waals surface area contributed by atoms with E-state index in [0.717, 1.165) is 11.1 Å². The van der Waals surface area contributed by atoms with E-state index in [1.54, 1.807) is 7.11 Å². The van der Waals surface area contributed by atoms with Gasteiger partial charge in [-0.2, -0.15) is 0 Å². The first-order valence-electron chi connectivity index (χ1n) is 7.29. The van der Waals surface area contributed by atoms with E-state index < -0.39 is 0 Å². The van der Waals surface area contributed by atoms with Crippen LogP contribution in [-0.2, 0) is 11.3 Å². The molecular weight excluding hydrogens is 276 g/mol. The van der Waals surface area contributed by atoms with E-state index in [1.165, 1.54) is 5.56 Å². The van der Waals surface area contributed by atoms with E-state index >= 15 is 0 Å². The summed E-state index contributed by atoms with van der Waals surface area (Å²) in [6, 6.07) is 13.9. The molecule has 1 amide bonds. The van der Waals surface area contributed by atoms with Crippen LogP contribution in [0, 0.1) is 13.8 Å². The van der Waals surface area contributed by atoms with Gasteiger partial charge < -0.3 is 15.4 Å². The molecule has 0 saturated carbocycles. The Morgan fingerprint density at radius 2 is 1.73 bits per heavy atom. The van der Waals surface area contributed by atoms with Crippen molar-refractivity contribution < 1.29 is 9.53 Å². The molecule has 0 radical (unpaired) electrons. The van der Waals surface area contributed by atoms with Crippen LogP contribution in [0.4, 0.5) is 5.69 Å². The van der Waals surface area contributed by atoms with Gasteiger partial charge in [-0.3, -0.25) is 4.79 Å². The highest BCUT2D eigenvalue weighted by molar-refractivity contribution is 5.93. The van der Waals surface area contributed by atoms with Gasteiger partial charge in [0.15, 0.2) is 0 Å². The van der Waals surface area contributed by atoms with Crippen molar-refractivity contribution in [1.29, 1.82) is 0 Å². The summed E-state index contributed by atoms with van der Waals surface area (Å²) in [4.78, 5) is 12.0. The Morgan fingerprint density at radius 1 is 1.05 bits per heavy atom. The van der Waals surface area contributed by atoms with E-state index in [1.807, 2.05) is 25.1 Å². The van der Waals surface area contributed by atoms with E-state index in [2.05, 4.69) is 41.8 Å². The molecule has 0 heterocycles. The molecule has 22 heavy (non-hydrogen) atoms. The topological polar surface area (TPSA) is 50.4 Å². The molecule has 0 atom stereocenters. The van der Waals surface area contributed by atoms with Crippen molar-refractivity contribution in [2.75, 3.05) is 19.0 Å². The second-order valence-corrected chi connectivity index (χ2v) is 5.34. The highest BCUT2D eigenvalue weighted by Gasteiger charge is 2.07. The normalized spacial score (nSPS) is 10.3. The zero-order chi connectivity index (χ0) is 15.9. The molecule has 116 valence electrons. The average Bonchev–Trinajstić information content (AvgIpc) is 2.49. The summed E-state index contributed by atoms with van der Waals surface area (Å²) >= 11 is 0. The largest absolute Gasteiger partial charge is 0.495 e. The standard InChI is InChI=1S/C18H22N2O2/c1-13-4-7-15(8-5-13)11-19-12-18(21)20-16-10-14(2)6-9-17(16)22-3/h4-10,19H,11-12H2,1-3H3,(H,20,21). The van der Waals surface area contributed by atoms with E-state index in [0.29, 0.717) is 18.0 Å². The van der Waals surface area contributed by atoms with Crippen LogP contribution in [0.2, 0.25) is 0 Å². The minimum Gasteiger partial charge on any atom is -0.495 e. The third kappa shape index (κ3) is 4.60. The number of ether oxygens (including phenoxy) is 1. The smallest absolute Gasteiger partial charge is 0.238 e. The molecule has 2 rings (SSSR count). The van der Waals surface area contributed by atoms with Gasteiger partial charge >= 0.3 is 0 Å². The molecule has 2 aromatic carbocycles. The Bertz CT molecular complexity index is 636. The van der Waals surface area contributed by atoms with Crippen molar-refractivity contribution >= 4 is 11.6 Å². The predicted octanol–water partition coefficient (Wildman–Crippen LogP) is 3.04. The lowest BCUT2D eigenvalue weighted by Gasteiger charge is -2.11. The maximum atomic E-state index is 12.0. The van der Waals surface area contributed by atoms with Crippen molar-refractivity contribution in [1.82, 2.24) is 5.32 Å². The van der Waals surface area contributed by atoms with Crippen LogP contribution in [0.3, 0.4) is 0 Å². The number of aryl methyl sites for hydroxylation is 2. The molecule has 2 N–H and O–H groups in total. The van der Waals surface area contributed by atoms with Gasteiger partial charge in [-0.15, -0.1) is 0 Å². The number of methoxy groups -OCH3 is 1. The number of anilines is 1. The van der Waals surface area contributed by atoms with Crippen molar-refractivity contribution in [3.05, 3.63) is 59.2 Å². The Morgan fingerprint density at radius 3 is 2.41 bits per heavy atom. The van der Waals surface area contributed by atoms with Gasteiger partial charge in [0.2, 0.25) is 5.91 Å². The molecule has 4 heteroatoms. The monoisotopic (exact) mass is 298 g/mol. The molecule has 0 spiro atoms. The number of carbonyl (C=O) groups is 1. The quantitative estimate of drug-likeness (QED) is 0.862. The lowest BCUT2D eigenvalue weighted by atomic mass is 10.1. The molecule has 0 bridgehead atoms. The van der Waals surface area contributed by atoms with E-state index in [9.17, 15) is 4.79 Å². The first-order valence-corrected chi connectivity index (χ1v) is 7.29. The summed E-state index contributed by atoms with van der Waals surface area (Å²) in [7, 11) is 1.59. The maximum absolute atomic E-state index is 12.0. The number of nitrogens with one attached hydrogen (secondary N) is 2. The minimum absolute atomic E-state index is 0.0870. The molecule has 2 aromatic rings. The number of amides is 1. The van der Waals surface area contributed by atoms with Gasteiger partial charge in [0.25, 0.3) is 0 Å². The molecule has 0 aromatic heterocycles. The number of benzene rings is 2. The minimum atomic E-state index is -0.0870. The average molecular weight is 298 g/mol. The lowest BCUT2D eigenvalue weighted by molar-refractivity contribution is -0.115. The first kappa shape index (κ1) is 16.0. The summed E-state index contributed by atoms with van der Waals surface area (Å²) < 4.78 is 5.25. The van der Waals surface area contributed by atoms with Crippen LogP contribution in [0.25, 0.3) is 0 Å². The van der Waals surface area contributed by atoms with Crippen molar-refractivity contribution in [2.24, 2.45) is 0 Å². The van der Waals surface area contributed by atoms with Crippen LogP contribution in [0.1, 0.15) is 16.7 Å². The fourth-order valence-electron chi connectivity index (χ4n) is 2.14. The summed E-state index contributed by atoms with van der Waals surface area (Å²) in [6.07, 6.45) is 0. The van der Waals surface area contributed by atoms with Gasteiger partial charge in [-0.25, -0.2) is 0 Å². The molecule has 4 nitrogen and oxygen atoms in total. The van der Waals surface area contributed by atoms with Crippen LogP contribution >= 0.6 is 0 Å². The van der Waals surface area contributed by atoms with Gasteiger partial charge in [0.05, 0.1) is 19.3 Å². The highest BCUT2D eigenvalue weighted by Crippen LogP contribution is 2.24. The fraction of sp³-hybridized carbons (Fsp3) is 0.278. The summed E-state index contributed by atoms with van der Waals surface area (Å²) in [5.74, 6) is 0.577. The second-order valence-electron chi connectivity index (χ2n) is 5.34. The van der Waals surface area contributed by atoms with Gasteiger partial charge in [0.1, 0.15) is 5.75 Å². The third-order valence-corrected chi connectivity index (χ3v) is 3.36. The lowest BCUT2D eigenvalue weighted by Crippen LogP contribution is -2.27. The fourth-order valence-corrected chi connectivity index (χ4v) is 2.14. The number of carbonyl (C=O) groups excluding carboxylic acids is 1. The van der Waals surface area contributed by atoms with Crippen LogP contribution in [0.5, 0.6) is 5.75 Å². The molecule has 0 aliphatic rings. The molecule has 0 aliphatic heterocycles. The van der Waals surface area contributed by atoms with Gasteiger partial charge in [-0.1, -0.05) is 35.9 Å². The second kappa shape index (κ2) is 7.61. The Hall–Kier alpha value is -2.33. The highest BCUT2D eigenvalue weighted by atomic mass is 16.5. The third-order valence-electron chi connectivity index (χ3n) is 3.36. The molecule has 0 saturated heterocycles. The molecule has 0 unspecified atom stereocenters. The molecule has 0 aliphatic carbocycles.